The summed E-state index contributed by atoms with van der Waals surface area (Å²) in [5.74, 6) is -0.503. The Morgan fingerprint density at radius 3 is 2.60 bits per heavy atom. The number of hydrogen-bond acceptors (Lipinski definition) is 2. The van der Waals surface area contributed by atoms with Crippen LogP contribution in [0.2, 0.25) is 0 Å². The van der Waals surface area contributed by atoms with Crippen LogP contribution >= 0.6 is 0 Å². The van der Waals surface area contributed by atoms with Gasteiger partial charge >= 0.3 is 6.18 Å². The molecule has 106 valence electrons. The molecule has 0 bridgehead atoms. The van der Waals surface area contributed by atoms with Crippen LogP contribution in [-0.4, -0.2) is 10.1 Å². The van der Waals surface area contributed by atoms with Gasteiger partial charge in [0, 0.05) is 24.4 Å². The van der Waals surface area contributed by atoms with Crippen LogP contribution < -0.4 is 0 Å². The maximum Gasteiger partial charge on any atom is 0.416 e. The molecule has 6 heteroatoms. The molecule has 0 saturated carbocycles. The molecule has 1 heterocycles. The standard InChI is InChI=1S/C14H11F4NO/c15-10-3-1-2-9(6-10)7-13(20)11-8-19-5-4-12(11)14(16,17)18/h1-6,8,13,20H,7H2. The molecule has 1 aromatic heterocycles. The Bertz CT molecular complexity index is 598. The first-order valence-corrected chi connectivity index (χ1v) is 5.81. The number of nitrogens with zero attached hydrogens (tertiary/aromatic N) is 1. The molecule has 1 atom stereocenters. The van der Waals surface area contributed by atoms with Crippen LogP contribution in [0.5, 0.6) is 0 Å². The van der Waals surface area contributed by atoms with Gasteiger partial charge in [-0.05, 0) is 23.8 Å². The Hall–Kier alpha value is -1.95. The number of aliphatic hydroxyl groups excluding tert-OH is 1. The molecule has 1 aromatic carbocycles. The van der Waals surface area contributed by atoms with Gasteiger partial charge in [0.25, 0.3) is 0 Å². The van der Waals surface area contributed by atoms with Gasteiger partial charge in [0.05, 0.1) is 11.7 Å². The topological polar surface area (TPSA) is 33.1 Å². The van der Waals surface area contributed by atoms with Gasteiger partial charge in [-0.3, -0.25) is 4.98 Å². The van der Waals surface area contributed by atoms with Crippen molar-refractivity contribution in [3.63, 3.8) is 0 Å². The molecule has 0 aliphatic rings. The monoisotopic (exact) mass is 285 g/mol. The molecular formula is C14H11F4NO. The van der Waals surface area contributed by atoms with Crippen molar-refractivity contribution in [1.29, 1.82) is 0 Å². The van der Waals surface area contributed by atoms with Crippen LogP contribution in [0.15, 0.2) is 42.7 Å². The van der Waals surface area contributed by atoms with E-state index in [2.05, 4.69) is 4.98 Å². The highest BCUT2D eigenvalue weighted by atomic mass is 19.4. The Morgan fingerprint density at radius 1 is 1.20 bits per heavy atom. The van der Waals surface area contributed by atoms with E-state index < -0.39 is 23.7 Å². The first-order chi connectivity index (χ1) is 9.38. The largest absolute Gasteiger partial charge is 0.416 e. The molecule has 20 heavy (non-hydrogen) atoms. The zero-order valence-corrected chi connectivity index (χ0v) is 10.2. The lowest BCUT2D eigenvalue weighted by Crippen LogP contribution is -2.13. The normalized spacial score (nSPS) is 13.2. The van der Waals surface area contributed by atoms with Crippen LogP contribution in [-0.2, 0) is 12.6 Å². The third kappa shape index (κ3) is 3.33. The second-order valence-corrected chi connectivity index (χ2v) is 4.31. The molecule has 0 aliphatic carbocycles. The van der Waals surface area contributed by atoms with Crippen molar-refractivity contribution in [1.82, 2.24) is 4.98 Å². The zero-order chi connectivity index (χ0) is 14.8. The highest BCUT2D eigenvalue weighted by Crippen LogP contribution is 2.34. The Balaban J connectivity index is 2.28. The average Bonchev–Trinajstić information content (AvgIpc) is 2.37. The molecule has 0 spiro atoms. The van der Waals surface area contributed by atoms with Gasteiger partial charge in [-0.15, -0.1) is 0 Å². The summed E-state index contributed by atoms with van der Waals surface area (Å²) in [4.78, 5) is 3.61. The van der Waals surface area contributed by atoms with Crippen LogP contribution in [0.4, 0.5) is 17.6 Å². The molecule has 0 saturated heterocycles. The predicted molar refractivity (Wildman–Crippen MR) is 64.3 cm³/mol. The number of halogens is 4. The highest BCUT2D eigenvalue weighted by molar-refractivity contribution is 5.30. The van der Waals surface area contributed by atoms with Gasteiger partial charge in [0.2, 0.25) is 0 Å². The van der Waals surface area contributed by atoms with Gasteiger partial charge < -0.3 is 5.11 Å². The average molecular weight is 285 g/mol. The lowest BCUT2D eigenvalue weighted by Gasteiger charge is -2.17. The first kappa shape index (κ1) is 14.5. The van der Waals surface area contributed by atoms with Gasteiger partial charge in [0.15, 0.2) is 0 Å². The van der Waals surface area contributed by atoms with E-state index in [1.54, 1.807) is 0 Å². The van der Waals surface area contributed by atoms with Crippen molar-refractivity contribution in [2.75, 3.05) is 0 Å². The molecule has 2 rings (SSSR count). The highest BCUT2D eigenvalue weighted by Gasteiger charge is 2.34. The molecule has 2 nitrogen and oxygen atoms in total. The number of benzene rings is 1. The number of pyridine rings is 1. The number of rotatable bonds is 3. The first-order valence-electron chi connectivity index (χ1n) is 5.81. The summed E-state index contributed by atoms with van der Waals surface area (Å²) in [5.41, 5.74) is -0.838. The fourth-order valence-electron chi connectivity index (χ4n) is 1.93. The van der Waals surface area contributed by atoms with Gasteiger partial charge in [-0.2, -0.15) is 13.2 Å². The lowest BCUT2D eigenvalue weighted by molar-refractivity contribution is -0.139. The van der Waals surface area contributed by atoms with Crippen LogP contribution in [0.25, 0.3) is 0 Å². The minimum Gasteiger partial charge on any atom is -0.388 e. The molecule has 0 fully saturated rings. The Kier molecular flexibility index (Phi) is 4.04. The minimum atomic E-state index is -4.57. The summed E-state index contributed by atoms with van der Waals surface area (Å²) in [5, 5.41) is 9.95. The van der Waals surface area contributed by atoms with Crippen LogP contribution in [0.3, 0.4) is 0 Å². The van der Waals surface area contributed by atoms with E-state index in [0.29, 0.717) is 5.56 Å². The quantitative estimate of drug-likeness (QED) is 0.875. The molecule has 2 aromatic rings. The fourth-order valence-corrected chi connectivity index (χ4v) is 1.93. The number of aliphatic hydroxyl groups is 1. The molecule has 0 aliphatic heterocycles. The van der Waals surface area contributed by atoms with Gasteiger partial charge in [0.1, 0.15) is 5.82 Å². The summed E-state index contributed by atoms with van der Waals surface area (Å²) >= 11 is 0. The van der Waals surface area contributed by atoms with Crippen molar-refractivity contribution < 1.29 is 22.7 Å². The SMILES string of the molecule is OC(Cc1cccc(F)c1)c1cnccc1C(F)(F)F. The maximum absolute atomic E-state index is 13.0. The van der Waals surface area contributed by atoms with Crippen LogP contribution in [0.1, 0.15) is 22.8 Å². The van der Waals surface area contributed by atoms with Crippen molar-refractivity contribution >= 4 is 0 Å². The third-order valence-corrected chi connectivity index (χ3v) is 2.83. The second kappa shape index (κ2) is 5.58. The second-order valence-electron chi connectivity index (χ2n) is 4.31. The summed E-state index contributed by atoms with van der Waals surface area (Å²) < 4.78 is 51.5. The predicted octanol–water partition coefficient (Wildman–Crippen LogP) is 3.52. The van der Waals surface area contributed by atoms with Crippen molar-refractivity contribution in [3.05, 3.63) is 65.2 Å². The smallest absolute Gasteiger partial charge is 0.388 e. The molecule has 0 amide bonds. The number of alkyl halides is 3. The van der Waals surface area contributed by atoms with Gasteiger partial charge in [-0.1, -0.05) is 12.1 Å². The molecule has 1 N–H and O–H groups in total. The molecule has 1 unspecified atom stereocenters. The summed E-state index contributed by atoms with van der Waals surface area (Å²) in [6.45, 7) is 0. The van der Waals surface area contributed by atoms with E-state index in [4.69, 9.17) is 0 Å². The molecule has 0 radical (unpaired) electrons. The van der Waals surface area contributed by atoms with E-state index in [1.165, 1.54) is 24.3 Å². The van der Waals surface area contributed by atoms with E-state index in [0.717, 1.165) is 18.5 Å². The van der Waals surface area contributed by atoms with Crippen molar-refractivity contribution in [2.45, 2.75) is 18.7 Å². The lowest BCUT2D eigenvalue weighted by atomic mass is 9.98. The minimum absolute atomic E-state index is 0.119. The number of hydrogen-bond donors (Lipinski definition) is 1. The van der Waals surface area contributed by atoms with E-state index in [-0.39, 0.29) is 12.0 Å². The van der Waals surface area contributed by atoms with Crippen LogP contribution in [0, 0.1) is 5.82 Å². The van der Waals surface area contributed by atoms with Gasteiger partial charge in [-0.25, -0.2) is 4.39 Å². The van der Waals surface area contributed by atoms with Crippen molar-refractivity contribution in [2.24, 2.45) is 0 Å². The van der Waals surface area contributed by atoms with E-state index >= 15 is 0 Å². The zero-order valence-electron chi connectivity index (χ0n) is 10.2. The Morgan fingerprint density at radius 2 is 1.95 bits per heavy atom. The van der Waals surface area contributed by atoms with E-state index in [1.807, 2.05) is 0 Å². The van der Waals surface area contributed by atoms with E-state index in [9.17, 15) is 22.7 Å². The Labute approximate surface area is 112 Å². The summed E-state index contributed by atoms with van der Waals surface area (Å²) in [6.07, 6.45) is -4.09. The fraction of sp³-hybridized carbons (Fsp3) is 0.214. The third-order valence-electron chi connectivity index (χ3n) is 2.83. The van der Waals surface area contributed by atoms with Crippen molar-refractivity contribution in [3.8, 4) is 0 Å². The number of aromatic nitrogens is 1. The molecular weight excluding hydrogens is 274 g/mol. The maximum atomic E-state index is 13.0. The summed E-state index contributed by atoms with van der Waals surface area (Å²) in [6, 6.07) is 6.18. The summed E-state index contributed by atoms with van der Waals surface area (Å²) in [7, 11) is 0.